The largest absolute Gasteiger partial charge is 0.289 e. The molecule has 1 heteroatoms. The number of hydrogen-bond acceptors (Lipinski definition) is 1. The fraction of sp³-hybridized carbons (Fsp3) is 0.350. The van der Waals surface area contributed by atoms with Crippen molar-refractivity contribution in [1.82, 2.24) is 0 Å². The summed E-state index contributed by atoms with van der Waals surface area (Å²) < 4.78 is 0. The second-order valence-corrected chi connectivity index (χ2v) is 6.24. The number of carbonyl (C=O) groups excluding carboxylic acids is 1. The number of hydrogen-bond donors (Lipinski definition) is 0. The van der Waals surface area contributed by atoms with Gasteiger partial charge in [-0.25, -0.2) is 0 Å². The highest BCUT2D eigenvalue weighted by Crippen LogP contribution is 2.25. The van der Waals surface area contributed by atoms with E-state index in [4.69, 9.17) is 0 Å². The van der Waals surface area contributed by atoms with Crippen LogP contribution in [0.2, 0.25) is 0 Å². The topological polar surface area (TPSA) is 17.1 Å². The van der Waals surface area contributed by atoms with Crippen molar-refractivity contribution in [3.05, 3.63) is 69.3 Å². The Labute approximate surface area is 128 Å². The lowest BCUT2D eigenvalue weighted by molar-refractivity contribution is 0.103. The van der Waals surface area contributed by atoms with Crippen LogP contribution in [0.5, 0.6) is 0 Å². The molecule has 0 unspecified atom stereocenters. The van der Waals surface area contributed by atoms with Gasteiger partial charge < -0.3 is 0 Å². The Morgan fingerprint density at radius 3 is 1.76 bits per heavy atom. The first-order valence-corrected chi connectivity index (χ1v) is 7.55. The van der Waals surface area contributed by atoms with Gasteiger partial charge in [0, 0.05) is 11.1 Å². The van der Waals surface area contributed by atoms with Crippen LogP contribution in [0, 0.1) is 27.7 Å². The SMILES string of the molecule is Cc1cc(C)c(C)c(C(=O)c2ccc(C(C)C)cc2)c1C. The lowest BCUT2D eigenvalue weighted by atomic mass is 9.89. The van der Waals surface area contributed by atoms with E-state index in [2.05, 4.69) is 45.9 Å². The average Bonchev–Trinajstić information content (AvgIpc) is 2.45. The van der Waals surface area contributed by atoms with Crippen LogP contribution in [0.3, 0.4) is 0 Å². The molecule has 2 aromatic carbocycles. The summed E-state index contributed by atoms with van der Waals surface area (Å²) in [5.41, 5.74) is 7.45. The van der Waals surface area contributed by atoms with Crippen LogP contribution in [0.15, 0.2) is 30.3 Å². The predicted octanol–water partition coefficient (Wildman–Crippen LogP) is 5.27. The van der Waals surface area contributed by atoms with Gasteiger partial charge in [0.15, 0.2) is 5.78 Å². The van der Waals surface area contributed by atoms with Gasteiger partial charge in [-0.3, -0.25) is 4.79 Å². The van der Waals surface area contributed by atoms with Crippen LogP contribution in [0.4, 0.5) is 0 Å². The first-order chi connectivity index (χ1) is 9.82. The van der Waals surface area contributed by atoms with E-state index in [1.54, 1.807) is 0 Å². The molecule has 0 spiro atoms. The average molecular weight is 280 g/mol. The minimum atomic E-state index is 0.132. The van der Waals surface area contributed by atoms with E-state index in [0.29, 0.717) is 5.92 Å². The van der Waals surface area contributed by atoms with Gasteiger partial charge in [-0.2, -0.15) is 0 Å². The van der Waals surface area contributed by atoms with E-state index in [-0.39, 0.29) is 5.78 Å². The van der Waals surface area contributed by atoms with Crippen LogP contribution in [-0.4, -0.2) is 5.78 Å². The molecule has 0 aliphatic rings. The number of rotatable bonds is 3. The molecule has 1 nitrogen and oxygen atoms in total. The van der Waals surface area contributed by atoms with Crippen molar-refractivity contribution in [2.75, 3.05) is 0 Å². The second-order valence-electron chi connectivity index (χ2n) is 6.24. The molecule has 0 aliphatic heterocycles. The van der Waals surface area contributed by atoms with E-state index in [9.17, 15) is 4.79 Å². The monoisotopic (exact) mass is 280 g/mol. The first-order valence-electron chi connectivity index (χ1n) is 7.55. The maximum atomic E-state index is 12.9. The Bertz CT molecular complexity index is 650. The number of benzene rings is 2. The van der Waals surface area contributed by atoms with Gasteiger partial charge in [0.1, 0.15) is 0 Å². The van der Waals surface area contributed by atoms with Crippen LogP contribution >= 0.6 is 0 Å². The minimum absolute atomic E-state index is 0.132. The van der Waals surface area contributed by atoms with Crippen molar-refractivity contribution in [2.24, 2.45) is 0 Å². The highest BCUT2D eigenvalue weighted by Gasteiger charge is 2.17. The maximum absolute atomic E-state index is 12.9. The van der Waals surface area contributed by atoms with Crippen molar-refractivity contribution in [2.45, 2.75) is 47.5 Å². The summed E-state index contributed by atoms with van der Waals surface area (Å²) in [5, 5.41) is 0. The summed E-state index contributed by atoms with van der Waals surface area (Å²) in [6.07, 6.45) is 0. The molecule has 0 aliphatic carbocycles. The molecule has 21 heavy (non-hydrogen) atoms. The molecule has 0 N–H and O–H groups in total. The van der Waals surface area contributed by atoms with Crippen LogP contribution < -0.4 is 0 Å². The van der Waals surface area contributed by atoms with Gasteiger partial charge in [0.25, 0.3) is 0 Å². The molecule has 0 fully saturated rings. The van der Waals surface area contributed by atoms with Crippen molar-refractivity contribution in [1.29, 1.82) is 0 Å². The third-order valence-corrected chi connectivity index (χ3v) is 4.43. The van der Waals surface area contributed by atoms with E-state index in [1.165, 1.54) is 16.7 Å². The molecule has 0 radical (unpaired) electrons. The molecule has 0 amide bonds. The molecule has 2 rings (SSSR count). The van der Waals surface area contributed by atoms with Gasteiger partial charge in [-0.1, -0.05) is 44.2 Å². The van der Waals surface area contributed by atoms with Gasteiger partial charge in [0.05, 0.1) is 0 Å². The van der Waals surface area contributed by atoms with Crippen molar-refractivity contribution in [3.8, 4) is 0 Å². The highest BCUT2D eigenvalue weighted by molar-refractivity contribution is 6.11. The van der Waals surface area contributed by atoms with Crippen LogP contribution in [0.25, 0.3) is 0 Å². The summed E-state index contributed by atoms with van der Waals surface area (Å²) in [6, 6.07) is 10.2. The molecular formula is C20H24O. The molecule has 0 atom stereocenters. The molecule has 0 bridgehead atoms. The zero-order valence-electron chi connectivity index (χ0n) is 13.9. The second kappa shape index (κ2) is 5.85. The Hall–Kier alpha value is -1.89. The summed E-state index contributed by atoms with van der Waals surface area (Å²) in [6.45, 7) is 12.5. The molecule has 2 aromatic rings. The zero-order chi connectivity index (χ0) is 15.7. The molecule has 0 saturated heterocycles. The van der Waals surface area contributed by atoms with Gasteiger partial charge in [0.2, 0.25) is 0 Å². The molecule has 0 heterocycles. The maximum Gasteiger partial charge on any atom is 0.193 e. The minimum Gasteiger partial charge on any atom is -0.289 e. The molecule has 0 aromatic heterocycles. The van der Waals surface area contributed by atoms with Crippen LogP contribution in [0.1, 0.15) is 63.5 Å². The van der Waals surface area contributed by atoms with Crippen molar-refractivity contribution >= 4 is 5.78 Å². The summed E-state index contributed by atoms with van der Waals surface area (Å²) in [5.74, 6) is 0.617. The van der Waals surface area contributed by atoms with Gasteiger partial charge >= 0.3 is 0 Å². The Morgan fingerprint density at radius 2 is 1.33 bits per heavy atom. The Morgan fingerprint density at radius 1 is 0.857 bits per heavy atom. The standard InChI is InChI=1S/C20H24O/c1-12(2)17-7-9-18(10-8-17)20(21)19-15(5)13(3)11-14(4)16(19)6/h7-12H,1-6H3. The lowest BCUT2D eigenvalue weighted by Gasteiger charge is -2.15. The molecule has 110 valence electrons. The number of aryl methyl sites for hydroxylation is 2. The number of ketones is 1. The van der Waals surface area contributed by atoms with E-state index >= 15 is 0 Å². The third kappa shape index (κ3) is 2.92. The van der Waals surface area contributed by atoms with Crippen molar-refractivity contribution < 1.29 is 4.79 Å². The summed E-state index contributed by atoms with van der Waals surface area (Å²) >= 11 is 0. The van der Waals surface area contributed by atoms with E-state index in [0.717, 1.165) is 22.3 Å². The Balaban J connectivity index is 2.50. The summed E-state index contributed by atoms with van der Waals surface area (Å²) in [4.78, 5) is 12.9. The Kier molecular flexibility index (Phi) is 4.32. The van der Waals surface area contributed by atoms with Gasteiger partial charge in [-0.15, -0.1) is 0 Å². The smallest absolute Gasteiger partial charge is 0.193 e. The fourth-order valence-electron chi connectivity index (χ4n) is 2.72. The van der Waals surface area contributed by atoms with Gasteiger partial charge in [-0.05, 0) is 61.4 Å². The van der Waals surface area contributed by atoms with Crippen molar-refractivity contribution in [3.63, 3.8) is 0 Å². The number of carbonyl (C=O) groups is 1. The van der Waals surface area contributed by atoms with E-state index in [1.807, 2.05) is 26.0 Å². The molecular weight excluding hydrogens is 256 g/mol. The lowest BCUT2D eigenvalue weighted by Crippen LogP contribution is -2.09. The predicted molar refractivity (Wildman–Crippen MR) is 89.4 cm³/mol. The van der Waals surface area contributed by atoms with Crippen LogP contribution in [-0.2, 0) is 0 Å². The quantitative estimate of drug-likeness (QED) is 0.699. The van der Waals surface area contributed by atoms with E-state index < -0.39 is 0 Å². The summed E-state index contributed by atoms with van der Waals surface area (Å²) in [7, 11) is 0. The zero-order valence-corrected chi connectivity index (χ0v) is 13.9. The third-order valence-electron chi connectivity index (χ3n) is 4.43. The highest BCUT2D eigenvalue weighted by atomic mass is 16.1. The normalized spacial score (nSPS) is 11.0. The first kappa shape index (κ1) is 15.5. The molecule has 0 saturated carbocycles. The fourth-order valence-corrected chi connectivity index (χ4v) is 2.72.